The van der Waals surface area contributed by atoms with Gasteiger partial charge in [-0.1, -0.05) is 5.16 Å². The summed E-state index contributed by atoms with van der Waals surface area (Å²) in [6.07, 6.45) is 4.61. The number of nitrogens with zero attached hydrogens (tertiary/aromatic N) is 3. The Balaban J connectivity index is 1.89. The van der Waals surface area contributed by atoms with Crippen molar-refractivity contribution in [2.45, 2.75) is 0 Å². The van der Waals surface area contributed by atoms with Crippen LogP contribution in [-0.4, -0.2) is 50.1 Å². The van der Waals surface area contributed by atoms with Gasteiger partial charge in [0.2, 0.25) is 0 Å². The number of carbonyl (C=O) groups is 1. The molecule has 2 aromatic carbocycles. The summed E-state index contributed by atoms with van der Waals surface area (Å²) in [5.74, 6) is 1.46. The Morgan fingerprint density at radius 1 is 0.771 bits per heavy atom. The van der Waals surface area contributed by atoms with E-state index in [-0.39, 0.29) is 5.56 Å². The highest BCUT2D eigenvalue weighted by Gasteiger charge is 2.19. The number of fused-ring (bicyclic) bond motifs is 1. The van der Waals surface area contributed by atoms with Gasteiger partial charge in [0.05, 0.1) is 34.0 Å². The van der Waals surface area contributed by atoms with Crippen molar-refractivity contribution in [3.63, 3.8) is 0 Å². The van der Waals surface area contributed by atoms with Crippen LogP contribution in [0.3, 0.4) is 0 Å². The van der Waals surface area contributed by atoms with Crippen molar-refractivity contribution in [1.29, 1.82) is 0 Å². The van der Waals surface area contributed by atoms with E-state index in [0.29, 0.717) is 40.0 Å². The third-order valence-electron chi connectivity index (χ3n) is 5.27. The second-order valence-corrected chi connectivity index (χ2v) is 7.22. The molecule has 0 saturated carbocycles. The molecule has 9 nitrogen and oxygen atoms in total. The molecule has 0 atom stereocenters. The zero-order valence-electron chi connectivity index (χ0n) is 19.6. The quantitative estimate of drug-likeness (QED) is 0.212. The molecule has 178 valence electrons. The normalized spacial score (nSPS) is 11.1. The number of methoxy groups -OCH3 is 4. The number of benzene rings is 2. The van der Waals surface area contributed by atoms with Crippen LogP contribution >= 0.6 is 0 Å². The van der Waals surface area contributed by atoms with E-state index in [0.717, 1.165) is 10.8 Å². The Bertz CT molecular complexity index is 1390. The van der Waals surface area contributed by atoms with E-state index in [2.05, 4.69) is 15.1 Å². The Kier molecular flexibility index (Phi) is 7.06. The van der Waals surface area contributed by atoms with Crippen LogP contribution in [0, 0.1) is 0 Å². The summed E-state index contributed by atoms with van der Waals surface area (Å²) in [6, 6.07) is 14.0. The molecule has 4 aromatic rings. The summed E-state index contributed by atoms with van der Waals surface area (Å²) < 4.78 is 21.7. The fraction of sp³-hybridized carbons (Fsp3) is 0.154. The van der Waals surface area contributed by atoms with Gasteiger partial charge in [-0.25, -0.2) is 4.79 Å². The smallest absolute Gasteiger partial charge is 0.367 e. The maximum Gasteiger partial charge on any atom is 0.367 e. The van der Waals surface area contributed by atoms with E-state index < -0.39 is 5.97 Å². The van der Waals surface area contributed by atoms with Crippen LogP contribution in [-0.2, 0) is 4.84 Å². The minimum absolute atomic E-state index is 0.264. The van der Waals surface area contributed by atoms with Crippen molar-refractivity contribution in [2.75, 3.05) is 28.4 Å². The Morgan fingerprint density at radius 2 is 1.49 bits per heavy atom. The molecule has 0 unspecified atom stereocenters. The number of oxime groups is 1. The van der Waals surface area contributed by atoms with E-state index in [1.807, 2.05) is 12.1 Å². The van der Waals surface area contributed by atoms with Crippen molar-refractivity contribution < 1.29 is 28.6 Å². The highest BCUT2D eigenvalue weighted by molar-refractivity contribution is 6.18. The molecule has 2 aromatic heterocycles. The third kappa shape index (κ3) is 4.84. The summed E-state index contributed by atoms with van der Waals surface area (Å²) in [5, 5.41) is 5.78. The molecule has 9 heteroatoms. The molecule has 0 aliphatic rings. The fourth-order valence-electron chi connectivity index (χ4n) is 3.53. The summed E-state index contributed by atoms with van der Waals surface area (Å²) >= 11 is 0. The highest BCUT2D eigenvalue weighted by atomic mass is 16.7. The lowest BCUT2D eigenvalue weighted by atomic mass is 10.0. The Morgan fingerprint density at radius 3 is 2.17 bits per heavy atom. The van der Waals surface area contributed by atoms with Crippen LogP contribution in [0.15, 0.2) is 72.3 Å². The standard InChI is InChI=1S/C26H23N3O6/c1-31-20-8-7-17(13-21(20)32-2)24(29-35-26(30)18-6-5-10-27-15-18)25-19-14-23(34-4)22(33-3)12-16(19)9-11-28-25/h5-15H,1-4H3/b29-24+. The third-order valence-corrected chi connectivity index (χ3v) is 5.27. The number of rotatable bonds is 8. The monoisotopic (exact) mass is 473 g/mol. The molecule has 0 amide bonds. The first-order valence-corrected chi connectivity index (χ1v) is 10.5. The van der Waals surface area contributed by atoms with Gasteiger partial charge in [0, 0.05) is 29.5 Å². The number of pyridine rings is 2. The van der Waals surface area contributed by atoms with Crippen LogP contribution in [0.1, 0.15) is 21.6 Å². The maximum absolute atomic E-state index is 12.6. The molecule has 35 heavy (non-hydrogen) atoms. The molecule has 2 heterocycles. The SMILES string of the molecule is COc1ccc(/C(=N\OC(=O)c2cccnc2)c2nccc3cc(OC)c(OC)cc23)cc1OC. The van der Waals surface area contributed by atoms with Gasteiger partial charge < -0.3 is 23.8 Å². The zero-order chi connectivity index (χ0) is 24.8. The second kappa shape index (κ2) is 10.5. The molecule has 0 aliphatic heterocycles. The van der Waals surface area contributed by atoms with Crippen molar-refractivity contribution in [1.82, 2.24) is 9.97 Å². The zero-order valence-corrected chi connectivity index (χ0v) is 19.6. The first-order chi connectivity index (χ1) is 17.1. The topological polar surface area (TPSA) is 101 Å². The van der Waals surface area contributed by atoms with Crippen molar-refractivity contribution in [3.8, 4) is 23.0 Å². The lowest BCUT2D eigenvalue weighted by Crippen LogP contribution is -2.11. The average Bonchev–Trinajstić information content (AvgIpc) is 2.92. The van der Waals surface area contributed by atoms with Gasteiger partial charge in [-0.15, -0.1) is 0 Å². The second-order valence-electron chi connectivity index (χ2n) is 7.22. The van der Waals surface area contributed by atoms with E-state index in [4.69, 9.17) is 23.8 Å². The lowest BCUT2D eigenvalue weighted by molar-refractivity contribution is 0.0516. The van der Waals surface area contributed by atoms with Gasteiger partial charge in [-0.05, 0) is 53.9 Å². The van der Waals surface area contributed by atoms with Gasteiger partial charge in [0.1, 0.15) is 11.4 Å². The molecule has 0 radical (unpaired) electrons. The summed E-state index contributed by atoms with van der Waals surface area (Å²) in [6.45, 7) is 0. The molecule has 0 N–H and O–H groups in total. The molecule has 4 rings (SSSR count). The van der Waals surface area contributed by atoms with E-state index in [1.54, 1.807) is 70.1 Å². The summed E-state index contributed by atoms with van der Waals surface area (Å²) in [4.78, 5) is 26.4. The van der Waals surface area contributed by atoms with Crippen LogP contribution < -0.4 is 18.9 Å². The van der Waals surface area contributed by atoms with Gasteiger partial charge in [0.25, 0.3) is 0 Å². The van der Waals surface area contributed by atoms with Crippen molar-refractivity contribution in [3.05, 3.63) is 83.9 Å². The van der Waals surface area contributed by atoms with Gasteiger partial charge in [-0.3, -0.25) is 9.97 Å². The molecule has 0 aliphatic carbocycles. The molecule has 0 bridgehead atoms. The first-order valence-electron chi connectivity index (χ1n) is 10.5. The van der Waals surface area contributed by atoms with Crippen LogP contribution in [0.25, 0.3) is 10.8 Å². The van der Waals surface area contributed by atoms with Crippen LogP contribution in [0.5, 0.6) is 23.0 Å². The molecular formula is C26H23N3O6. The van der Waals surface area contributed by atoms with E-state index >= 15 is 0 Å². The van der Waals surface area contributed by atoms with E-state index in [9.17, 15) is 4.79 Å². The maximum atomic E-state index is 12.6. The Hall–Kier alpha value is -4.66. The molecule has 0 spiro atoms. The predicted molar refractivity (Wildman–Crippen MR) is 130 cm³/mol. The van der Waals surface area contributed by atoms with Gasteiger partial charge >= 0.3 is 5.97 Å². The van der Waals surface area contributed by atoms with Crippen LogP contribution in [0.4, 0.5) is 0 Å². The number of carbonyl (C=O) groups excluding carboxylic acids is 1. The molecule has 0 saturated heterocycles. The van der Waals surface area contributed by atoms with Crippen molar-refractivity contribution in [2.24, 2.45) is 5.16 Å². The highest BCUT2D eigenvalue weighted by Crippen LogP contribution is 2.35. The van der Waals surface area contributed by atoms with Crippen LogP contribution in [0.2, 0.25) is 0 Å². The molecular weight excluding hydrogens is 450 g/mol. The number of hydrogen-bond donors (Lipinski definition) is 0. The van der Waals surface area contributed by atoms with Gasteiger partial charge in [-0.2, -0.15) is 0 Å². The lowest BCUT2D eigenvalue weighted by Gasteiger charge is -2.14. The van der Waals surface area contributed by atoms with E-state index in [1.165, 1.54) is 13.3 Å². The first kappa shape index (κ1) is 23.5. The molecule has 0 fully saturated rings. The minimum Gasteiger partial charge on any atom is -0.493 e. The van der Waals surface area contributed by atoms with Gasteiger partial charge in [0.15, 0.2) is 23.0 Å². The Labute approximate surface area is 201 Å². The average molecular weight is 473 g/mol. The summed E-state index contributed by atoms with van der Waals surface area (Å²) in [7, 11) is 6.21. The number of hydrogen-bond acceptors (Lipinski definition) is 9. The summed E-state index contributed by atoms with van der Waals surface area (Å²) in [5.41, 5.74) is 1.63. The number of ether oxygens (including phenoxy) is 4. The number of aromatic nitrogens is 2. The van der Waals surface area contributed by atoms with Crippen molar-refractivity contribution >= 4 is 22.5 Å². The minimum atomic E-state index is -0.657. The fourth-order valence-corrected chi connectivity index (χ4v) is 3.53. The predicted octanol–water partition coefficient (Wildman–Crippen LogP) is 4.27. The largest absolute Gasteiger partial charge is 0.493 e.